The van der Waals surface area contributed by atoms with Gasteiger partial charge in [-0.1, -0.05) is 50.6 Å². The van der Waals surface area contributed by atoms with Gasteiger partial charge in [0.15, 0.2) is 0 Å². The number of rotatable bonds is 9. The van der Waals surface area contributed by atoms with Crippen LogP contribution in [0, 0.1) is 25.7 Å². The van der Waals surface area contributed by atoms with Crippen LogP contribution in [0.3, 0.4) is 0 Å². The van der Waals surface area contributed by atoms with Crippen LogP contribution in [0.5, 0.6) is 0 Å². The zero-order valence-corrected chi connectivity index (χ0v) is 21.5. The average Bonchev–Trinajstić information content (AvgIpc) is 3.22. The number of aromatic nitrogens is 1. The van der Waals surface area contributed by atoms with Crippen molar-refractivity contribution in [2.45, 2.75) is 47.5 Å². The molecule has 0 aliphatic carbocycles. The summed E-state index contributed by atoms with van der Waals surface area (Å²) in [6, 6.07) is 8.25. The fourth-order valence-electron chi connectivity index (χ4n) is 4.41. The molecule has 0 saturated carbocycles. The van der Waals surface area contributed by atoms with Crippen molar-refractivity contribution < 1.29 is 9.59 Å². The van der Waals surface area contributed by atoms with Gasteiger partial charge in [0.2, 0.25) is 5.91 Å². The summed E-state index contributed by atoms with van der Waals surface area (Å²) in [6.45, 7) is 15.2. The molecule has 1 aliphatic heterocycles. The molecule has 0 bridgehead atoms. The van der Waals surface area contributed by atoms with E-state index in [1.54, 1.807) is 0 Å². The van der Waals surface area contributed by atoms with Crippen molar-refractivity contribution in [1.82, 2.24) is 20.1 Å². The third-order valence-electron chi connectivity index (χ3n) is 6.86. The van der Waals surface area contributed by atoms with Crippen molar-refractivity contribution in [3.63, 3.8) is 0 Å². The first kappa shape index (κ1) is 25.4. The monoisotopic (exact) mass is 470 g/mol. The highest BCUT2D eigenvalue weighted by atomic mass is 32.1. The number of amides is 2. The molecule has 1 atom stereocenters. The van der Waals surface area contributed by atoms with Gasteiger partial charge in [-0.3, -0.25) is 9.59 Å². The Morgan fingerprint density at radius 3 is 2.39 bits per heavy atom. The van der Waals surface area contributed by atoms with Crippen molar-refractivity contribution >= 4 is 23.2 Å². The van der Waals surface area contributed by atoms with Gasteiger partial charge >= 0.3 is 0 Å². The van der Waals surface area contributed by atoms with E-state index in [4.69, 9.17) is 0 Å². The second-order valence-electron chi connectivity index (χ2n) is 9.04. The van der Waals surface area contributed by atoms with Gasteiger partial charge in [0.25, 0.3) is 5.91 Å². The summed E-state index contributed by atoms with van der Waals surface area (Å²) in [7, 11) is 0. The van der Waals surface area contributed by atoms with E-state index in [1.807, 2.05) is 18.7 Å². The summed E-state index contributed by atoms with van der Waals surface area (Å²) in [6.07, 6.45) is 1.72. The number of carbonyl (C=O) groups is 2. The Balaban J connectivity index is 1.52. The van der Waals surface area contributed by atoms with Gasteiger partial charge < -0.3 is 15.1 Å². The van der Waals surface area contributed by atoms with Gasteiger partial charge in [0, 0.05) is 37.7 Å². The van der Waals surface area contributed by atoms with Crippen LogP contribution in [0.15, 0.2) is 24.3 Å². The van der Waals surface area contributed by atoms with E-state index in [9.17, 15) is 9.59 Å². The average molecular weight is 471 g/mol. The van der Waals surface area contributed by atoms with E-state index in [2.05, 4.69) is 60.2 Å². The quantitative estimate of drug-likeness (QED) is 0.591. The Hall–Kier alpha value is -2.25. The van der Waals surface area contributed by atoms with Crippen molar-refractivity contribution in [3.05, 3.63) is 40.4 Å². The van der Waals surface area contributed by atoms with Crippen LogP contribution >= 0.6 is 11.3 Å². The lowest BCUT2D eigenvalue weighted by molar-refractivity contribution is -0.126. The summed E-state index contributed by atoms with van der Waals surface area (Å²) in [4.78, 5) is 35.5. The van der Waals surface area contributed by atoms with E-state index < -0.39 is 0 Å². The largest absolute Gasteiger partial charge is 0.355 e. The van der Waals surface area contributed by atoms with E-state index >= 15 is 0 Å². The van der Waals surface area contributed by atoms with Crippen molar-refractivity contribution in [2.75, 3.05) is 39.3 Å². The number of piperidine rings is 1. The molecular formula is C26H38N4O2S. The standard InChI is InChI=1S/C26H38N4O2S/c1-6-29(7-2)17-14-27-24(31)19(4)21-12-15-30(16-13-21)26(32)23-20(5)28-25(33-23)22-10-8-18(3)9-11-22/h8-11,19,21H,6-7,12-17H2,1-5H3,(H,27,31)/t19-/m0/s1. The predicted molar refractivity (Wildman–Crippen MR) is 136 cm³/mol. The van der Waals surface area contributed by atoms with Gasteiger partial charge in [-0.15, -0.1) is 11.3 Å². The number of likely N-dealkylation sites (tertiary alicyclic amines) is 1. The van der Waals surface area contributed by atoms with Crippen LogP contribution in [-0.4, -0.2) is 65.9 Å². The number of nitrogens with one attached hydrogen (secondary N) is 1. The Morgan fingerprint density at radius 2 is 1.79 bits per heavy atom. The first-order chi connectivity index (χ1) is 15.8. The van der Waals surface area contributed by atoms with E-state index in [0.29, 0.717) is 25.6 Å². The lowest BCUT2D eigenvalue weighted by Crippen LogP contribution is -2.43. The Labute approximate surface area is 202 Å². The number of nitrogens with zero attached hydrogens (tertiary/aromatic N) is 3. The Morgan fingerprint density at radius 1 is 1.15 bits per heavy atom. The topological polar surface area (TPSA) is 65.5 Å². The fraction of sp³-hybridized carbons (Fsp3) is 0.577. The highest BCUT2D eigenvalue weighted by molar-refractivity contribution is 7.17. The van der Waals surface area contributed by atoms with Crippen LogP contribution in [0.4, 0.5) is 0 Å². The molecule has 1 saturated heterocycles. The van der Waals surface area contributed by atoms with Crippen LogP contribution < -0.4 is 5.32 Å². The molecule has 180 valence electrons. The molecule has 7 heteroatoms. The van der Waals surface area contributed by atoms with Crippen LogP contribution in [0.25, 0.3) is 10.6 Å². The second-order valence-corrected chi connectivity index (χ2v) is 10.0. The number of hydrogen-bond donors (Lipinski definition) is 1. The molecule has 0 radical (unpaired) electrons. The van der Waals surface area contributed by atoms with Crippen molar-refractivity contribution in [1.29, 1.82) is 0 Å². The van der Waals surface area contributed by atoms with Gasteiger partial charge in [0.1, 0.15) is 9.88 Å². The number of thiazole rings is 1. The molecule has 6 nitrogen and oxygen atoms in total. The van der Waals surface area contributed by atoms with Crippen molar-refractivity contribution in [3.8, 4) is 10.6 Å². The third kappa shape index (κ3) is 6.42. The fourth-order valence-corrected chi connectivity index (χ4v) is 5.45. The maximum absolute atomic E-state index is 13.2. The zero-order chi connectivity index (χ0) is 24.0. The Kier molecular flexibility index (Phi) is 9.03. The van der Waals surface area contributed by atoms with E-state index in [1.165, 1.54) is 16.9 Å². The first-order valence-electron chi connectivity index (χ1n) is 12.2. The molecule has 0 unspecified atom stereocenters. The number of benzene rings is 1. The molecular weight excluding hydrogens is 432 g/mol. The van der Waals surface area contributed by atoms with Gasteiger partial charge in [0.05, 0.1) is 5.69 Å². The van der Waals surface area contributed by atoms with Crippen LogP contribution in [-0.2, 0) is 4.79 Å². The molecule has 33 heavy (non-hydrogen) atoms. The minimum atomic E-state index is -0.0303. The number of hydrogen-bond acceptors (Lipinski definition) is 5. The molecule has 2 amide bonds. The summed E-state index contributed by atoms with van der Waals surface area (Å²) in [5.74, 6) is 0.483. The highest BCUT2D eigenvalue weighted by Gasteiger charge is 2.31. The van der Waals surface area contributed by atoms with E-state index in [-0.39, 0.29) is 17.7 Å². The molecule has 1 aromatic heterocycles. The maximum atomic E-state index is 13.2. The Bertz CT molecular complexity index is 928. The van der Waals surface area contributed by atoms with E-state index in [0.717, 1.165) is 53.6 Å². The summed E-state index contributed by atoms with van der Waals surface area (Å²) in [5, 5.41) is 3.99. The van der Waals surface area contributed by atoms with Gasteiger partial charge in [-0.05, 0) is 45.7 Å². The first-order valence-corrected chi connectivity index (χ1v) is 13.0. The lowest BCUT2D eigenvalue weighted by Gasteiger charge is -2.34. The minimum absolute atomic E-state index is 0.0303. The third-order valence-corrected chi connectivity index (χ3v) is 8.05. The predicted octanol–water partition coefficient (Wildman–Crippen LogP) is 4.37. The second kappa shape index (κ2) is 11.7. The maximum Gasteiger partial charge on any atom is 0.265 e. The SMILES string of the molecule is CCN(CC)CCNC(=O)[C@@H](C)C1CCN(C(=O)c2sc(-c3ccc(C)cc3)nc2C)CC1. The molecule has 1 N–H and O–H groups in total. The molecule has 3 rings (SSSR count). The highest BCUT2D eigenvalue weighted by Crippen LogP contribution is 2.31. The normalized spacial score (nSPS) is 15.6. The van der Waals surface area contributed by atoms with Gasteiger partial charge in [-0.2, -0.15) is 0 Å². The van der Waals surface area contributed by atoms with Crippen LogP contribution in [0.1, 0.15) is 54.5 Å². The zero-order valence-electron chi connectivity index (χ0n) is 20.7. The molecule has 2 aromatic rings. The molecule has 1 aromatic carbocycles. The van der Waals surface area contributed by atoms with Gasteiger partial charge in [-0.25, -0.2) is 4.98 Å². The number of likely N-dealkylation sites (N-methyl/N-ethyl adjacent to an activating group) is 1. The molecule has 2 heterocycles. The molecule has 1 fully saturated rings. The summed E-state index contributed by atoms with van der Waals surface area (Å²) < 4.78 is 0. The van der Waals surface area contributed by atoms with Crippen LogP contribution in [0.2, 0.25) is 0 Å². The summed E-state index contributed by atoms with van der Waals surface area (Å²) >= 11 is 1.48. The molecule has 0 spiro atoms. The number of aryl methyl sites for hydroxylation is 2. The molecule has 1 aliphatic rings. The van der Waals surface area contributed by atoms with Crippen molar-refractivity contribution in [2.24, 2.45) is 11.8 Å². The smallest absolute Gasteiger partial charge is 0.265 e. The summed E-state index contributed by atoms with van der Waals surface area (Å²) in [5.41, 5.74) is 3.05. The number of carbonyl (C=O) groups excluding carboxylic acids is 2. The lowest BCUT2D eigenvalue weighted by atomic mass is 9.85. The minimum Gasteiger partial charge on any atom is -0.355 e.